The number of rotatable bonds is 45. The van der Waals surface area contributed by atoms with Crippen LogP contribution >= 0.6 is 7.82 Å². The van der Waals surface area contributed by atoms with Gasteiger partial charge in [0.2, 0.25) is 0 Å². The fourth-order valence-electron chi connectivity index (χ4n) is 6.89. The molecular weight excluding hydrogens is 745 g/mol. The molecule has 0 saturated carbocycles. The fourth-order valence-corrected chi connectivity index (χ4v) is 7.67. The number of phosphoric acid groups is 1. The predicted octanol–water partition coefficient (Wildman–Crippen LogP) is 12.7. The SMILES string of the molecule is CCCCCCCCCCCCCCCCCCCCC(=O)OC[C@H](COP(=O)(O)OC[C@H](N)C(=O)O)OC(=O)CCCCCCCCCCCCCCCCC. The molecule has 0 spiro atoms. The zero-order valence-corrected chi connectivity index (χ0v) is 37.6. The van der Waals surface area contributed by atoms with Gasteiger partial charge in [0.15, 0.2) is 6.10 Å². The third-order valence-electron chi connectivity index (χ3n) is 10.6. The second-order valence-corrected chi connectivity index (χ2v) is 17.7. The van der Waals surface area contributed by atoms with Crippen LogP contribution in [0.4, 0.5) is 0 Å². The van der Waals surface area contributed by atoms with Crippen molar-refractivity contribution in [2.75, 3.05) is 19.8 Å². The Hall–Kier alpha value is -1.52. The molecule has 0 aliphatic carbocycles. The minimum Gasteiger partial charge on any atom is -0.480 e. The molecule has 1 unspecified atom stereocenters. The van der Waals surface area contributed by atoms with Gasteiger partial charge in [-0.15, -0.1) is 0 Å². The summed E-state index contributed by atoms with van der Waals surface area (Å²) >= 11 is 0. The molecule has 0 aromatic rings. The maximum absolute atomic E-state index is 12.6. The van der Waals surface area contributed by atoms with Gasteiger partial charge in [0.1, 0.15) is 12.6 Å². The molecule has 0 fully saturated rings. The maximum atomic E-state index is 12.6. The van der Waals surface area contributed by atoms with Crippen molar-refractivity contribution in [2.45, 2.75) is 251 Å². The van der Waals surface area contributed by atoms with Crippen molar-refractivity contribution in [2.24, 2.45) is 5.73 Å². The summed E-state index contributed by atoms with van der Waals surface area (Å²) in [4.78, 5) is 46.0. The second-order valence-electron chi connectivity index (χ2n) is 16.3. The number of carboxylic acid groups (broad SMARTS) is 1. The highest BCUT2D eigenvalue weighted by molar-refractivity contribution is 7.47. The van der Waals surface area contributed by atoms with Gasteiger partial charge in [-0.25, -0.2) is 4.57 Å². The zero-order valence-electron chi connectivity index (χ0n) is 36.7. The summed E-state index contributed by atoms with van der Waals surface area (Å²) in [7, 11) is -4.71. The lowest BCUT2D eigenvalue weighted by Crippen LogP contribution is -2.34. The number of phosphoric ester groups is 1. The first kappa shape index (κ1) is 55.5. The van der Waals surface area contributed by atoms with E-state index in [2.05, 4.69) is 18.4 Å². The summed E-state index contributed by atoms with van der Waals surface area (Å²) in [6, 6.07) is -1.52. The molecule has 0 heterocycles. The Kier molecular flexibility index (Phi) is 40.1. The maximum Gasteiger partial charge on any atom is 0.472 e. The van der Waals surface area contributed by atoms with Crippen LogP contribution in [0.5, 0.6) is 0 Å². The molecule has 0 aliphatic heterocycles. The molecule has 0 aromatic carbocycles. The second kappa shape index (κ2) is 41.2. The number of aliphatic carboxylic acids is 1. The molecule has 338 valence electrons. The predicted molar refractivity (Wildman–Crippen MR) is 231 cm³/mol. The van der Waals surface area contributed by atoms with Crippen LogP contribution in [0, 0.1) is 0 Å². The molecule has 0 radical (unpaired) electrons. The standard InChI is InChI=1S/C45H88NO10P/c1-3-5-7-9-11-13-15-17-19-20-21-23-24-26-28-30-32-34-36-43(47)53-38-41(39-54-57(51,52)55-40-42(46)45(49)50)56-44(48)37-35-33-31-29-27-25-22-18-16-14-12-10-8-6-4-2/h41-42H,3-40,46H2,1-2H3,(H,49,50)(H,51,52)/t41-,42+/m1/s1. The minimum atomic E-state index is -4.71. The number of esters is 2. The molecule has 4 N–H and O–H groups in total. The Bertz CT molecular complexity index is 984. The summed E-state index contributed by atoms with van der Waals surface area (Å²) in [5, 5.41) is 8.90. The number of carboxylic acids is 1. The van der Waals surface area contributed by atoms with E-state index in [1.54, 1.807) is 0 Å². The number of nitrogens with two attached hydrogens (primary N) is 1. The van der Waals surface area contributed by atoms with Gasteiger partial charge in [-0.3, -0.25) is 23.4 Å². The van der Waals surface area contributed by atoms with Crippen molar-refractivity contribution in [3.63, 3.8) is 0 Å². The molecular formula is C45H88NO10P. The molecule has 0 rings (SSSR count). The van der Waals surface area contributed by atoms with Crippen molar-refractivity contribution < 1.29 is 47.5 Å². The Labute approximate surface area is 348 Å². The van der Waals surface area contributed by atoms with E-state index in [0.717, 1.165) is 38.5 Å². The van der Waals surface area contributed by atoms with E-state index in [1.165, 1.54) is 161 Å². The average molecular weight is 834 g/mol. The number of ether oxygens (including phenoxy) is 2. The van der Waals surface area contributed by atoms with Crippen LogP contribution in [0.15, 0.2) is 0 Å². The highest BCUT2D eigenvalue weighted by Crippen LogP contribution is 2.43. The molecule has 12 heteroatoms. The lowest BCUT2D eigenvalue weighted by molar-refractivity contribution is -0.161. The third-order valence-corrected chi connectivity index (χ3v) is 11.6. The van der Waals surface area contributed by atoms with Gasteiger partial charge < -0.3 is 25.2 Å². The Morgan fingerprint density at radius 2 is 0.772 bits per heavy atom. The highest BCUT2D eigenvalue weighted by atomic mass is 31.2. The lowest BCUT2D eigenvalue weighted by atomic mass is 10.0. The topological polar surface area (TPSA) is 172 Å². The van der Waals surface area contributed by atoms with Crippen molar-refractivity contribution in [3.05, 3.63) is 0 Å². The van der Waals surface area contributed by atoms with Gasteiger partial charge in [0.05, 0.1) is 13.2 Å². The monoisotopic (exact) mass is 834 g/mol. The van der Waals surface area contributed by atoms with E-state index in [4.69, 9.17) is 24.8 Å². The van der Waals surface area contributed by atoms with E-state index in [9.17, 15) is 23.8 Å². The molecule has 0 bridgehead atoms. The van der Waals surface area contributed by atoms with Crippen LogP contribution in [-0.4, -0.2) is 59.9 Å². The fraction of sp³-hybridized carbons (Fsp3) is 0.933. The van der Waals surface area contributed by atoms with Gasteiger partial charge in [-0.1, -0.05) is 213 Å². The highest BCUT2D eigenvalue weighted by Gasteiger charge is 2.28. The first-order valence-electron chi connectivity index (χ1n) is 23.6. The van der Waals surface area contributed by atoms with Crippen molar-refractivity contribution in [1.82, 2.24) is 0 Å². The molecule has 0 saturated heterocycles. The first-order chi connectivity index (χ1) is 27.6. The zero-order chi connectivity index (χ0) is 42.1. The van der Waals surface area contributed by atoms with Gasteiger partial charge in [-0.05, 0) is 12.8 Å². The first-order valence-corrected chi connectivity index (χ1v) is 25.1. The lowest BCUT2D eigenvalue weighted by Gasteiger charge is -2.20. The van der Waals surface area contributed by atoms with E-state index in [0.29, 0.717) is 12.8 Å². The van der Waals surface area contributed by atoms with Crippen LogP contribution in [0.3, 0.4) is 0 Å². The molecule has 3 atom stereocenters. The van der Waals surface area contributed by atoms with Crippen molar-refractivity contribution >= 4 is 25.7 Å². The smallest absolute Gasteiger partial charge is 0.472 e. The van der Waals surface area contributed by atoms with Crippen LogP contribution in [0.25, 0.3) is 0 Å². The number of hydrogen-bond donors (Lipinski definition) is 3. The average Bonchev–Trinajstić information content (AvgIpc) is 3.19. The molecule has 0 aromatic heterocycles. The van der Waals surface area contributed by atoms with Gasteiger partial charge >= 0.3 is 25.7 Å². The van der Waals surface area contributed by atoms with Crippen LogP contribution < -0.4 is 5.73 Å². The van der Waals surface area contributed by atoms with Gasteiger partial charge in [0.25, 0.3) is 0 Å². The van der Waals surface area contributed by atoms with Crippen LogP contribution in [-0.2, 0) is 37.5 Å². The van der Waals surface area contributed by atoms with Crippen LogP contribution in [0.1, 0.15) is 239 Å². The summed E-state index contributed by atoms with van der Waals surface area (Å²) in [6.07, 6.45) is 40.2. The Morgan fingerprint density at radius 1 is 0.474 bits per heavy atom. The third kappa shape index (κ3) is 41.0. The number of carbonyl (C=O) groups excluding carboxylic acids is 2. The summed E-state index contributed by atoms with van der Waals surface area (Å²) in [6.45, 7) is 2.85. The van der Waals surface area contributed by atoms with Gasteiger partial charge in [-0.2, -0.15) is 0 Å². The van der Waals surface area contributed by atoms with E-state index < -0.39 is 51.1 Å². The van der Waals surface area contributed by atoms with E-state index in [1.807, 2.05) is 0 Å². The van der Waals surface area contributed by atoms with Crippen molar-refractivity contribution in [3.8, 4) is 0 Å². The number of carbonyl (C=O) groups is 3. The van der Waals surface area contributed by atoms with Crippen LogP contribution in [0.2, 0.25) is 0 Å². The Morgan fingerprint density at radius 3 is 1.11 bits per heavy atom. The van der Waals surface area contributed by atoms with Crippen molar-refractivity contribution in [1.29, 1.82) is 0 Å². The van der Waals surface area contributed by atoms with Gasteiger partial charge in [0, 0.05) is 12.8 Å². The molecule has 57 heavy (non-hydrogen) atoms. The molecule has 0 amide bonds. The summed E-state index contributed by atoms with van der Waals surface area (Å²) in [5.74, 6) is -2.35. The van der Waals surface area contributed by atoms with E-state index >= 15 is 0 Å². The minimum absolute atomic E-state index is 0.169. The number of hydrogen-bond acceptors (Lipinski definition) is 9. The summed E-state index contributed by atoms with van der Waals surface area (Å²) < 4.78 is 32.8. The quantitative estimate of drug-likeness (QED) is 0.0303. The molecule has 11 nitrogen and oxygen atoms in total. The van der Waals surface area contributed by atoms with E-state index in [-0.39, 0.29) is 19.4 Å². The number of unbranched alkanes of at least 4 members (excludes halogenated alkanes) is 31. The largest absolute Gasteiger partial charge is 0.480 e. The summed E-state index contributed by atoms with van der Waals surface area (Å²) in [5.41, 5.74) is 5.34. The Balaban J connectivity index is 4.25. The normalized spacial score (nSPS) is 13.6. The molecule has 0 aliphatic rings.